The van der Waals surface area contributed by atoms with E-state index in [-0.39, 0.29) is 12.0 Å². The fourth-order valence-corrected chi connectivity index (χ4v) is 1.30. The quantitative estimate of drug-likeness (QED) is 0.737. The van der Waals surface area contributed by atoms with Gasteiger partial charge in [-0.1, -0.05) is 30.3 Å². The van der Waals surface area contributed by atoms with Gasteiger partial charge < -0.3 is 9.15 Å². The van der Waals surface area contributed by atoms with E-state index in [0.29, 0.717) is 12.8 Å². The van der Waals surface area contributed by atoms with Crippen LogP contribution < -0.4 is 4.74 Å². The molecule has 2 aromatic rings. The van der Waals surface area contributed by atoms with E-state index in [0.717, 1.165) is 5.56 Å². The number of carbonyl (C=O) groups is 1. The maximum Gasteiger partial charge on any atom is 0.401 e. The van der Waals surface area contributed by atoms with Gasteiger partial charge in [-0.2, -0.15) is 4.98 Å². The highest BCUT2D eigenvalue weighted by Crippen LogP contribution is 2.08. The summed E-state index contributed by atoms with van der Waals surface area (Å²) in [5, 5.41) is 0. The number of esters is 1. The Labute approximate surface area is 92.9 Å². The fourth-order valence-electron chi connectivity index (χ4n) is 1.30. The lowest BCUT2D eigenvalue weighted by Gasteiger charge is -2.00. The number of hydrogen-bond acceptors (Lipinski definition) is 4. The predicted octanol–water partition coefficient (Wildman–Crippen LogP) is 2.21. The van der Waals surface area contributed by atoms with Crippen LogP contribution in [0.4, 0.5) is 0 Å². The van der Waals surface area contributed by atoms with Crippen molar-refractivity contribution in [1.29, 1.82) is 0 Å². The van der Waals surface area contributed by atoms with Crippen molar-refractivity contribution in [2.45, 2.75) is 12.8 Å². The molecule has 82 valence electrons. The van der Waals surface area contributed by atoms with E-state index in [1.54, 1.807) is 0 Å². The Kier molecular flexibility index (Phi) is 3.33. The zero-order chi connectivity index (χ0) is 11.2. The van der Waals surface area contributed by atoms with Crippen molar-refractivity contribution in [3.8, 4) is 6.08 Å². The molecule has 16 heavy (non-hydrogen) atoms. The first-order chi connectivity index (χ1) is 7.84. The van der Waals surface area contributed by atoms with Crippen LogP contribution in [0.2, 0.25) is 0 Å². The Bertz CT molecular complexity index is 437. The number of aromatic nitrogens is 1. The summed E-state index contributed by atoms with van der Waals surface area (Å²) in [4.78, 5) is 15.1. The van der Waals surface area contributed by atoms with Crippen LogP contribution in [0.1, 0.15) is 12.0 Å². The first kappa shape index (κ1) is 10.4. The molecule has 0 spiro atoms. The van der Waals surface area contributed by atoms with Gasteiger partial charge in [0.05, 0.1) is 12.6 Å². The standard InChI is InChI=1S/C12H11NO3/c14-11(16-12-13-8-9-15-12)7-6-10-4-2-1-3-5-10/h1-5,8-9H,6-7H2. The van der Waals surface area contributed by atoms with Crippen LogP contribution in [0.15, 0.2) is 47.2 Å². The van der Waals surface area contributed by atoms with Crippen LogP contribution in [-0.2, 0) is 11.2 Å². The second-order valence-electron chi connectivity index (χ2n) is 3.26. The molecule has 0 aliphatic rings. The molecule has 0 saturated heterocycles. The van der Waals surface area contributed by atoms with Gasteiger partial charge in [0.15, 0.2) is 0 Å². The number of aryl methyl sites for hydroxylation is 1. The van der Waals surface area contributed by atoms with Crippen molar-refractivity contribution in [2.24, 2.45) is 0 Å². The zero-order valence-electron chi connectivity index (χ0n) is 8.63. The van der Waals surface area contributed by atoms with Crippen molar-refractivity contribution in [2.75, 3.05) is 0 Å². The van der Waals surface area contributed by atoms with Gasteiger partial charge in [0.1, 0.15) is 6.26 Å². The molecule has 0 saturated carbocycles. The summed E-state index contributed by atoms with van der Waals surface area (Å²) in [7, 11) is 0. The molecule has 0 fully saturated rings. The highest BCUT2D eigenvalue weighted by Gasteiger charge is 2.07. The first-order valence-electron chi connectivity index (χ1n) is 4.99. The summed E-state index contributed by atoms with van der Waals surface area (Å²) in [6.45, 7) is 0. The maximum atomic E-state index is 11.4. The summed E-state index contributed by atoms with van der Waals surface area (Å²) in [5.74, 6) is -0.341. The van der Waals surface area contributed by atoms with E-state index in [4.69, 9.17) is 9.15 Å². The van der Waals surface area contributed by atoms with Crippen molar-refractivity contribution >= 4 is 5.97 Å². The molecule has 1 aromatic heterocycles. The van der Waals surface area contributed by atoms with Crippen molar-refractivity contribution in [1.82, 2.24) is 4.98 Å². The van der Waals surface area contributed by atoms with Crippen LogP contribution in [0.25, 0.3) is 0 Å². The fraction of sp³-hybridized carbons (Fsp3) is 0.167. The Morgan fingerprint density at radius 1 is 1.31 bits per heavy atom. The Balaban J connectivity index is 1.80. The number of oxazole rings is 1. The Hall–Kier alpha value is -2.10. The van der Waals surface area contributed by atoms with E-state index in [1.165, 1.54) is 12.5 Å². The average Bonchev–Trinajstić information content (AvgIpc) is 2.81. The summed E-state index contributed by atoms with van der Waals surface area (Å²) < 4.78 is 9.66. The van der Waals surface area contributed by atoms with Gasteiger partial charge >= 0.3 is 12.0 Å². The second-order valence-corrected chi connectivity index (χ2v) is 3.26. The SMILES string of the molecule is O=C(CCc1ccccc1)Oc1ncco1. The van der Waals surface area contributed by atoms with Crippen molar-refractivity contribution in [3.63, 3.8) is 0 Å². The number of benzene rings is 1. The number of hydrogen-bond donors (Lipinski definition) is 0. The average molecular weight is 217 g/mol. The molecule has 0 radical (unpaired) electrons. The van der Waals surface area contributed by atoms with Gasteiger partial charge in [0.25, 0.3) is 0 Å². The van der Waals surface area contributed by atoms with E-state index >= 15 is 0 Å². The maximum absolute atomic E-state index is 11.4. The van der Waals surface area contributed by atoms with Crippen LogP contribution in [-0.4, -0.2) is 11.0 Å². The van der Waals surface area contributed by atoms with E-state index < -0.39 is 0 Å². The predicted molar refractivity (Wildman–Crippen MR) is 56.9 cm³/mol. The monoisotopic (exact) mass is 217 g/mol. The van der Waals surface area contributed by atoms with E-state index in [1.807, 2.05) is 30.3 Å². The number of nitrogens with zero attached hydrogens (tertiary/aromatic N) is 1. The van der Waals surface area contributed by atoms with Gasteiger partial charge in [-0.3, -0.25) is 4.79 Å². The summed E-state index contributed by atoms with van der Waals surface area (Å²) in [6, 6.07) is 9.76. The lowest BCUT2D eigenvalue weighted by atomic mass is 10.1. The van der Waals surface area contributed by atoms with Crippen LogP contribution in [0, 0.1) is 0 Å². The van der Waals surface area contributed by atoms with Gasteiger partial charge in [-0.25, -0.2) is 0 Å². The molecule has 1 heterocycles. The van der Waals surface area contributed by atoms with Gasteiger partial charge in [0.2, 0.25) is 0 Å². The third kappa shape index (κ3) is 2.95. The largest absolute Gasteiger partial charge is 0.417 e. The highest BCUT2D eigenvalue weighted by atomic mass is 16.6. The van der Waals surface area contributed by atoms with Crippen LogP contribution in [0.5, 0.6) is 6.08 Å². The highest BCUT2D eigenvalue weighted by molar-refractivity contribution is 5.71. The normalized spacial score (nSPS) is 10.0. The molecule has 1 aromatic carbocycles. The first-order valence-corrected chi connectivity index (χ1v) is 4.99. The minimum atomic E-state index is -0.341. The molecule has 4 nitrogen and oxygen atoms in total. The second kappa shape index (κ2) is 5.11. The third-order valence-corrected chi connectivity index (χ3v) is 2.07. The lowest BCUT2D eigenvalue weighted by molar-refractivity contribution is -0.135. The number of carbonyl (C=O) groups excluding carboxylic acids is 1. The molecular formula is C12H11NO3. The summed E-state index contributed by atoms with van der Waals surface area (Å²) in [5.41, 5.74) is 1.10. The molecule has 0 atom stereocenters. The minimum Gasteiger partial charge on any atom is -0.417 e. The molecule has 0 aliphatic heterocycles. The number of ether oxygens (including phenoxy) is 1. The zero-order valence-corrected chi connectivity index (χ0v) is 8.63. The Morgan fingerprint density at radius 2 is 2.12 bits per heavy atom. The topological polar surface area (TPSA) is 52.3 Å². The van der Waals surface area contributed by atoms with Gasteiger partial charge in [-0.05, 0) is 12.0 Å². The van der Waals surface area contributed by atoms with Crippen molar-refractivity contribution < 1.29 is 13.9 Å². The van der Waals surface area contributed by atoms with Crippen LogP contribution >= 0.6 is 0 Å². The van der Waals surface area contributed by atoms with Gasteiger partial charge in [-0.15, -0.1) is 0 Å². The smallest absolute Gasteiger partial charge is 0.401 e. The Morgan fingerprint density at radius 3 is 2.81 bits per heavy atom. The molecule has 2 rings (SSSR count). The summed E-state index contributed by atoms with van der Waals surface area (Å²) in [6.07, 6.45) is 3.75. The molecular weight excluding hydrogens is 206 g/mol. The number of rotatable bonds is 4. The third-order valence-electron chi connectivity index (χ3n) is 2.07. The lowest BCUT2D eigenvalue weighted by Crippen LogP contribution is -2.09. The molecule has 0 aliphatic carbocycles. The molecule has 0 N–H and O–H groups in total. The van der Waals surface area contributed by atoms with Crippen LogP contribution in [0.3, 0.4) is 0 Å². The summed E-state index contributed by atoms with van der Waals surface area (Å²) >= 11 is 0. The van der Waals surface area contributed by atoms with Gasteiger partial charge in [0, 0.05) is 0 Å². The van der Waals surface area contributed by atoms with E-state index in [9.17, 15) is 4.79 Å². The minimum absolute atomic E-state index is 0.00179. The van der Waals surface area contributed by atoms with E-state index in [2.05, 4.69) is 4.98 Å². The molecule has 0 amide bonds. The molecule has 4 heteroatoms. The molecule has 0 bridgehead atoms. The van der Waals surface area contributed by atoms with Crippen molar-refractivity contribution in [3.05, 3.63) is 48.4 Å². The molecule has 0 unspecified atom stereocenters.